The summed E-state index contributed by atoms with van der Waals surface area (Å²) in [6, 6.07) is 5.01. The lowest BCUT2D eigenvalue weighted by molar-refractivity contribution is -0.384. The zero-order valence-corrected chi connectivity index (χ0v) is 15.1. The first-order chi connectivity index (χ1) is 11.5. The van der Waals surface area contributed by atoms with Gasteiger partial charge in [-0.25, -0.2) is 4.98 Å². The van der Waals surface area contributed by atoms with E-state index in [0.717, 1.165) is 27.4 Å². The summed E-state index contributed by atoms with van der Waals surface area (Å²) in [4.78, 5) is 29.1. The average Bonchev–Trinajstić information content (AvgIpc) is 3.01. The van der Waals surface area contributed by atoms with Crippen molar-refractivity contribution in [3.05, 3.63) is 28.3 Å². The van der Waals surface area contributed by atoms with Crippen LogP contribution in [0.25, 0.3) is 10.2 Å². The van der Waals surface area contributed by atoms with Crippen LogP contribution in [0.1, 0.15) is 32.1 Å². The number of amides is 1. The van der Waals surface area contributed by atoms with Gasteiger partial charge in [0.05, 0.1) is 20.9 Å². The summed E-state index contributed by atoms with van der Waals surface area (Å²) in [6.45, 7) is 0. The van der Waals surface area contributed by atoms with Crippen molar-refractivity contribution in [3.8, 4) is 0 Å². The Morgan fingerprint density at radius 1 is 1.42 bits per heavy atom. The molecule has 1 aromatic carbocycles. The first-order valence-electron chi connectivity index (χ1n) is 7.98. The summed E-state index contributed by atoms with van der Waals surface area (Å²) in [6.07, 6.45) is 5.86. The highest BCUT2D eigenvalue weighted by molar-refractivity contribution is 8.01. The van der Waals surface area contributed by atoms with Crippen LogP contribution in [0.4, 0.5) is 5.69 Å². The molecular weight excluding hydrogens is 346 g/mol. The monoisotopic (exact) mass is 365 g/mol. The second-order valence-corrected chi connectivity index (χ2v) is 8.23. The predicted molar refractivity (Wildman–Crippen MR) is 96.6 cm³/mol. The Hall–Kier alpha value is -1.67. The van der Waals surface area contributed by atoms with E-state index in [9.17, 15) is 14.9 Å². The van der Waals surface area contributed by atoms with Gasteiger partial charge in [-0.15, -0.1) is 11.3 Å². The molecule has 8 heteroatoms. The summed E-state index contributed by atoms with van der Waals surface area (Å²) in [5.74, 6) is 0.478. The minimum Gasteiger partial charge on any atom is -0.342 e. The van der Waals surface area contributed by atoms with Crippen LogP contribution in [0.15, 0.2) is 22.5 Å². The molecule has 3 rings (SSSR count). The number of non-ortho nitro benzene ring substituents is 1. The van der Waals surface area contributed by atoms with E-state index in [1.54, 1.807) is 6.07 Å². The van der Waals surface area contributed by atoms with Crippen LogP contribution in [0.2, 0.25) is 0 Å². The van der Waals surface area contributed by atoms with E-state index in [2.05, 4.69) is 4.98 Å². The standard InChI is InChI=1S/C16H19N3O3S2/c1-18(11-5-3-2-4-6-11)15(20)10-23-16-17-13-8-7-12(19(21)22)9-14(13)24-16/h7-9,11H,2-6,10H2,1H3. The van der Waals surface area contributed by atoms with Crippen LogP contribution in [0, 0.1) is 10.1 Å². The number of thioether (sulfide) groups is 1. The van der Waals surface area contributed by atoms with Crippen molar-refractivity contribution in [1.82, 2.24) is 9.88 Å². The Bertz CT molecular complexity index is 756. The fraction of sp³-hybridized carbons (Fsp3) is 0.500. The number of hydrogen-bond donors (Lipinski definition) is 0. The lowest BCUT2D eigenvalue weighted by atomic mass is 9.94. The number of aromatic nitrogens is 1. The highest BCUT2D eigenvalue weighted by Crippen LogP contribution is 2.32. The van der Waals surface area contributed by atoms with Gasteiger partial charge in [0, 0.05) is 25.2 Å². The summed E-state index contributed by atoms with van der Waals surface area (Å²) in [5, 5.41) is 10.8. The maximum absolute atomic E-state index is 12.4. The van der Waals surface area contributed by atoms with Crippen LogP contribution in [0.3, 0.4) is 0 Å². The van der Waals surface area contributed by atoms with Crippen LogP contribution in [0.5, 0.6) is 0 Å². The molecule has 0 radical (unpaired) electrons. The SMILES string of the molecule is CN(C(=O)CSc1nc2ccc([N+](=O)[O-])cc2s1)C1CCCCC1. The fourth-order valence-electron chi connectivity index (χ4n) is 2.96. The normalized spacial score (nSPS) is 15.5. The van der Waals surface area contributed by atoms with Gasteiger partial charge in [0.1, 0.15) is 0 Å². The molecule has 0 N–H and O–H groups in total. The molecule has 1 heterocycles. The number of nitrogens with zero attached hydrogens (tertiary/aromatic N) is 3. The van der Waals surface area contributed by atoms with Crippen LogP contribution >= 0.6 is 23.1 Å². The topological polar surface area (TPSA) is 76.3 Å². The molecule has 0 bridgehead atoms. The first-order valence-corrected chi connectivity index (χ1v) is 9.78. The molecule has 24 heavy (non-hydrogen) atoms. The third kappa shape index (κ3) is 3.87. The Morgan fingerprint density at radius 2 is 2.17 bits per heavy atom. The number of hydrogen-bond acceptors (Lipinski definition) is 6. The number of benzene rings is 1. The molecule has 1 fully saturated rings. The Balaban J connectivity index is 1.62. The van der Waals surface area contributed by atoms with Gasteiger partial charge in [-0.05, 0) is 18.9 Å². The van der Waals surface area contributed by atoms with Crippen molar-refractivity contribution in [2.75, 3.05) is 12.8 Å². The number of rotatable bonds is 5. The Kier molecular flexibility index (Phi) is 5.35. The minimum absolute atomic E-state index is 0.0656. The van der Waals surface area contributed by atoms with E-state index < -0.39 is 4.92 Å². The summed E-state index contributed by atoms with van der Waals surface area (Å²) >= 11 is 2.80. The molecule has 6 nitrogen and oxygen atoms in total. The highest BCUT2D eigenvalue weighted by atomic mass is 32.2. The molecule has 0 atom stereocenters. The average molecular weight is 365 g/mol. The van der Waals surface area contributed by atoms with Gasteiger partial charge in [0.2, 0.25) is 5.91 Å². The fourth-order valence-corrected chi connectivity index (χ4v) is 4.99. The molecule has 1 amide bonds. The van der Waals surface area contributed by atoms with Gasteiger partial charge < -0.3 is 4.90 Å². The second-order valence-electron chi connectivity index (χ2n) is 5.97. The molecule has 0 spiro atoms. The summed E-state index contributed by atoms with van der Waals surface area (Å²) in [7, 11) is 1.89. The Labute approximate surface area is 148 Å². The third-order valence-electron chi connectivity index (χ3n) is 4.40. The molecule has 2 aromatic rings. The van der Waals surface area contributed by atoms with E-state index >= 15 is 0 Å². The number of thiazole rings is 1. The van der Waals surface area contributed by atoms with Gasteiger partial charge in [-0.2, -0.15) is 0 Å². The number of carbonyl (C=O) groups is 1. The minimum atomic E-state index is -0.408. The molecule has 1 aromatic heterocycles. The van der Waals surface area contributed by atoms with Gasteiger partial charge >= 0.3 is 0 Å². The zero-order chi connectivity index (χ0) is 17.1. The van der Waals surface area contributed by atoms with E-state index in [1.165, 1.54) is 54.5 Å². The van der Waals surface area contributed by atoms with Crippen molar-refractivity contribution in [2.24, 2.45) is 0 Å². The van der Waals surface area contributed by atoms with Gasteiger partial charge in [0.25, 0.3) is 5.69 Å². The lowest BCUT2D eigenvalue weighted by Crippen LogP contribution is -2.39. The maximum Gasteiger partial charge on any atom is 0.270 e. The van der Waals surface area contributed by atoms with Crippen molar-refractivity contribution >= 4 is 44.9 Å². The van der Waals surface area contributed by atoms with Crippen LogP contribution in [-0.4, -0.2) is 39.6 Å². The van der Waals surface area contributed by atoms with Gasteiger partial charge in [-0.3, -0.25) is 14.9 Å². The zero-order valence-electron chi connectivity index (χ0n) is 13.4. The molecule has 128 valence electrons. The lowest BCUT2D eigenvalue weighted by Gasteiger charge is -2.31. The van der Waals surface area contributed by atoms with Gasteiger partial charge in [0.15, 0.2) is 4.34 Å². The molecule has 1 saturated carbocycles. The van der Waals surface area contributed by atoms with E-state index in [4.69, 9.17) is 0 Å². The molecule has 1 aliphatic carbocycles. The maximum atomic E-state index is 12.4. The highest BCUT2D eigenvalue weighted by Gasteiger charge is 2.22. The molecule has 0 aliphatic heterocycles. The van der Waals surface area contributed by atoms with Crippen LogP contribution in [-0.2, 0) is 4.79 Å². The number of carbonyl (C=O) groups excluding carboxylic acids is 1. The summed E-state index contributed by atoms with van der Waals surface area (Å²) in [5.41, 5.74) is 0.803. The van der Waals surface area contributed by atoms with E-state index in [1.807, 2.05) is 11.9 Å². The van der Waals surface area contributed by atoms with Crippen molar-refractivity contribution < 1.29 is 9.72 Å². The van der Waals surface area contributed by atoms with Crippen molar-refractivity contribution in [3.63, 3.8) is 0 Å². The predicted octanol–water partition coefficient (Wildman–Crippen LogP) is 4.09. The molecule has 1 aliphatic rings. The smallest absolute Gasteiger partial charge is 0.270 e. The first kappa shape index (κ1) is 17.2. The number of nitro benzene ring substituents is 1. The molecule has 0 unspecified atom stereocenters. The third-order valence-corrected chi connectivity index (χ3v) is 6.54. The molecular formula is C16H19N3O3S2. The van der Waals surface area contributed by atoms with Gasteiger partial charge in [-0.1, -0.05) is 31.0 Å². The van der Waals surface area contributed by atoms with Crippen molar-refractivity contribution in [2.45, 2.75) is 42.5 Å². The van der Waals surface area contributed by atoms with E-state index in [-0.39, 0.29) is 11.6 Å². The molecule has 0 saturated heterocycles. The van der Waals surface area contributed by atoms with E-state index in [0.29, 0.717) is 11.8 Å². The second kappa shape index (κ2) is 7.48. The summed E-state index contributed by atoms with van der Waals surface area (Å²) < 4.78 is 1.55. The number of fused-ring (bicyclic) bond motifs is 1. The quantitative estimate of drug-likeness (QED) is 0.453. The largest absolute Gasteiger partial charge is 0.342 e. The van der Waals surface area contributed by atoms with Crippen LogP contribution < -0.4 is 0 Å². The van der Waals surface area contributed by atoms with Crippen molar-refractivity contribution in [1.29, 1.82) is 0 Å². The number of nitro groups is 1. The Morgan fingerprint density at radius 3 is 2.88 bits per heavy atom.